The van der Waals surface area contributed by atoms with Gasteiger partial charge in [0.2, 0.25) is 0 Å². The monoisotopic (exact) mass is 386 g/mol. The molecule has 1 aromatic carbocycles. The lowest BCUT2D eigenvalue weighted by Gasteiger charge is -2.19. The molecule has 1 aromatic heterocycles. The number of aliphatic imine (C=N–C) groups is 1. The van der Waals surface area contributed by atoms with Gasteiger partial charge >= 0.3 is 0 Å². The lowest BCUT2D eigenvalue weighted by molar-refractivity contribution is 0.644. The Bertz CT molecular complexity index is 738. The molecule has 0 spiro atoms. The van der Waals surface area contributed by atoms with Crippen LogP contribution in [0.1, 0.15) is 29.8 Å². The topological polar surface area (TPSA) is 49.3 Å². The van der Waals surface area contributed by atoms with Gasteiger partial charge in [-0.2, -0.15) is 0 Å². The van der Waals surface area contributed by atoms with Gasteiger partial charge in [-0.3, -0.25) is 9.98 Å². The maximum atomic E-state index is 4.51. The Balaban J connectivity index is 1.56. The zero-order valence-electron chi connectivity index (χ0n) is 14.1. The van der Waals surface area contributed by atoms with Crippen LogP contribution in [0.25, 0.3) is 0 Å². The minimum atomic E-state index is 0.239. The summed E-state index contributed by atoms with van der Waals surface area (Å²) in [5.41, 5.74) is 3.68. The third-order valence-corrected chi connectivity index (χ3v) is 4.98. The maximum Gasteiger partial charge on any atom is 0.191 e. The highest BCUT2D eigenvalue weighted by atomic mass is 79.9. The molecule has 1 saturated carbocycles. The van der Waals surface area contributed by atoms with Gasteiger partial charge in [-0.1, -0.05) is 34.1 Å². The van der Waals surface area contributed by atoms with E-state index in [0.717, 1.165) is 28.4 Å². The number of pyridine rings is 1. The lowest BCUT2D eigenvalue weighted by Crippen LogP contribution is -2.41. The van der Waals surface area contributed by atoms with Crippen LogP contribution in [0.15, 0.2) is 51.9 Å². The van der Waals surface area contributed by atoms with Crippen molar-refractivity contribution >= 4 is 21.9 Å². The first-order chi connectivity index (χ1) is 11.6. The highest BCUT2D eigenvalue weighted by Crippen LogP contribution is 2.48. The Morgan fingerprint density at radius 1 is 1.21 bits per heavy atom. The molecule has 3 rings (SSSR count). The predicted octanol–water partition coefficient (Wildman–Crippen LogP) is 3.55. The molecule has 24 heavy (non-hydrogen) atoms. The van der Waals surface area contributed by atoms with Gasteiger partial charge in [0, 0.05) is 29.2 Å². The number of rotatable bonds is 5. The van der Waals surface area contributed by atoms with Gasteiger partial charge in [0.15, 0.2) is 5.96 Å². The molecule has 0 atom stereocenters. The van der Waals surface area contributed by atoms with Crippen LogP contribution in [-0.2, 0) is 12.0 Å². The van der Waals surface area contributed by atoms with E-state index in [-0.39, 0.29) is 5.41 Å². The fourth-order valence-corrected chi connectivity index (χ4v) is 3.28. The van der Waals surface area contributed by atoms with Crippen molar-refractivity contribution in [1.82, 2.24) is 15.6 Å². The first-order valence-corrected chi connectivity index (χ1v) is 9.04. The molecule has 0 amide bonds. The summed E-state index contributed by atoms with van der Waals surface area (Å²) in [6.07, 6.45) is 2.43. The van der Waals surface area contributed by atoms with Gasteiger partial charge in [-0.15, -0.1) is 0 Å². The Morgan fingerprint density at radius 3 is 2.67 bits per heavy atom. The van der Waals surface area contributed by atoms with Crippen molar-refractivity contribution in [2.45, 2.75) is 31.7 Å². The predicted molar refractivity (Wildman–Crippen MR) is 102 cm³/mol. The molecule has 0 radical (unpaired) electrons. The van der Waals surface area contributed by atoms with Crippen LogP contribution in [0.2, 0.25) is 0 Å². The molecule has 1 aliphatic rings. The molecule has 4 nitrogen and oxygen atoms in total. The summed E-state index contributed by atoms with van der Waals surface area (Å²) in [7, 11) is 1.80. The van der Waals surface area contributed by atoms with Crippen molar-refractivity contribution in [1.29, 1.82) is 0 Å². The smallest absolute Gasteiger partial charge is 0.191 e. The van der Waals surface area contributed by atoms with Crippen LogP contribution in [0, 0.1) is 6.92 Å². The van der Waals surface area contributed by atoms with Crippen molar-refractivity contribution < 1.29 is 0 Å². The third-order valence-electron chi connectivity index (χ3n) is 4.49. The quantitative estimate of drug-likeness (QED) is 0.610. The molecule has 0 aliphatic heterocycles. The molecule has 0 unspecified atom stereocenters. The summed E-state index contributed by atoms with van der Waals surface area (Å²) >= 11 is 3.57. The molecule has 0 bridgehead atoms. The number of benzene rings is 1. The van der Waals surface area contributed by atoms with E-state index in [1.165, 1.54) is 18.4 Å². The van der Waals surface area contributed by atoms with Crippen LogP contribution < -0.4 is 10.6 Å². The fourth-order valence-electron chi connectivity index (χ4n) is 2.88. The SMILES string of the molecule is CN=C(NCc1cccc(C)n1)NCC1(c2cccc(Br)c2)CC1. The van der Waals surface area contributed by atoms with Gasteiger partial charge in [0.25, 0.3) is 0 Å². The van der Waals surface area contributed by atoms with Crippen LogP contribution in [0.4, 0.5) is 0 Å². The lowest BCUT2D eigenvalue weighted by atomic mass is 9.96. The Hall–Kier alpha value is -1.88. The maximum absolute atomic E-state index is 4.51. The van der Waals surface area contributed by atoms with Crippen molar-refractivity contribution in [3.8, 4) is 0 Å². The number of hydrogen-bond donors (Lipinski definition) is 2. The highest BCUT2D eigenvalue weighted by Gasteiger charge is 2.44. The molecular formula is C19H23BrN4. The molecular weight excluding hydrogens is 364 g/mol. The van der Waals surface area contributed by atoms with Crippen molar-refractivity contribution in [3.63, 3.8) is 0 Å². The van der Waals surface area contributed by atoms with Gasteiger partial charge < -0.3 is 10.6 Å². The van der Waals surface area contributed by atoms with E-state index in [0.29, 0.717) is 6.54 Å². The number of aryl methyl sites for hydroxylation is 1. The largest absolute Gasteiger partial charge is 0.356 e. The minimum Gasteiger partial charge on any atom is -0.356 e. The number of aromatic nitrogens is 1. The van der Waals surface area contributed by atoms with Crippen LogP contribution in [0.5, 0.6) is 0 Å². The number of guanidine groups is 1. The molecule has 2 N–H and O–H groups in total. The Labute approximate surface area is 151 Å². The van der Waals surface area contributed by atoms with E-state index >= 15 is 0 Å². The average Bonchev–Trinajstić information content (AvgIpc) is 3.36. The Kier molecular flexibility index (Phi) is 5.19. The van der Waals surface area contributed by atoms with Gasteiger partial charge in [-0.25, -0.2) is 0 Å². The van der Waals surface area contributed by atoms with Crippen LogP contribution in [0.3, 0.4) is 0 Å². The summed E-state index contributed by atoms with van der Waals surface area (Å²) in [5.74, 6) is 0.819. The second-order valence-corrected chi connectivity index (χ2v) is 7.26. The minimum absolute atomic E-state index is 0.239. The number of nitrogens with one attached hydrogen (secondary N) is 2. The molecule has 0 saturated heterocycles. The van der Waals surface area contributed by atoms with E-state index in [2.05, 4.69) is 60.8 Å². The van der Waals surface area contributed by atoms with E-state index < -0.39 is 0 Å². The second-order valence-electron chi connectivity index (χ2n) is 6.34. The van der Waals surface area contributed by atoms with Crippen molar-refractivity contribution in [2.24, 2.45) is 4.99 Å². The molecule has 1 heterocycles. The normalized spacial score (nSPS) is 15.9. The summed E-state index contributed by atoms with van der Waals surface area (Å²) in [6, 6.07) is 14.7. The average molecular weight is 387 g/mol. The zero-order valence-corrected chi connectivity index (χ0v) is 15.7. The van der Waals surface area contributed by atoms with E-state index in [4.69, 9.17) is 0 Å². The molecule has 1 fully saturated rings. The summed E-state index contributed by atoms with van der Waals surface area (Å²) < 4.78 is 1.14. The van der Waals surface area contributed by atoms with Crippen molar-refractivity contribution in [3.05, 3.63) is 63.9 Å². The van der Waals surface area contributed by atoms with Crippen LogP contribution in [-0.4, -0.2) is 24.5 Å². The van der Waals surface area contributed by atoms with Crippen molar-refractivity contribution in [2.75, 3.05) is 13.6 Å². The third kappa shape index (κ3) is 4.15. The molecule has 5 heteroatoms. The first kappa shape index (κ1) is 17.0. The highest BCUT2D eigenvalue weighted by molar-refractivity contribution is 9.10. The standard InChI is InChI=1S/C19H23BrN4/c1-14-5-3-8-17(24-14)12-22-18(21-2)23-13-19(9-10-19)15-6-4-7-16(20)11-15/h3-8,11H,9-10,12-13H2,1-2H3,(H2,21,22,23). The van der Waals surface area contributed by atoms with Gasteiger partial charge in [0.05, 0.1) is 12.2 Å². The summed E-state index contributed by atoms with van der Waals surface area (Å²) in [4.78, 5) is 8.83. The van der Waals surface area contributed by atoms with Gasteiger partial charge in [0.1, 0.15) is 0 Å². The molecule has 1 aliphatic carbocycles. The Morgan fingerprint density at radius 2 is 2.00 bits per heavy atom. The van der Waals surface area contributed by atoms with Gasteiger partial charge in [-0.05, 0) is 49.6 Å². The number of halogens is 1. The first-order valence-electron chi connectivity index (χ1n) is 8.24. The molecule has 126 valence electrons. The number of hydrogen-bond acceptors (Lipinski definition) is 2. The fraction of sp³-hybridized carbons (Fsp3) is 0.368. The van der Waals surface area contributed by atoms with Crippen LogP contribution >= 0.6 is 15.9 Å². The van der Waals surface area contributed by atoms with E-state index in [1.54, 1.807) is 7.05 Å². The second kappa shape index (κ2) is 7.34. The summed E-state index contributed by atoms with van der Waals surface area (Å²) in [5, 5.41) is 6.81. The van der Waals surface area contributed by atoms with E-state index in [9.17, 15) is 0 Å². The van der Waals surface area contributed by atoms with E-state index in [1.807, 2.05) is 25.1 Å². The molecule has 2 aromatic rings. The zero-order chi connectivity index (χ0) is 17.0. The summed E-state index contributed by atoms with van der Waals surface area (Å²) in [6.45, 7) is 3.57. The number of nitrogens with zero attached hydrogens (tertiary/aromatic N) is 2.